The van der Waals surface area contributed by atoms with Crippen molar-refractivity contribution in [2.24, 2.45) is 0 Å². The zero-order valence-electron chi connectivity index (χ0n) is 12.1. The van der Waals surface area contributed by atoms with Crippen LogP contribution in [0, 0.1) is 0 Å². The van der Waals surface area contributed by atoms with Gasteiger partial charge in [-0.05, 0) is 35.9 Å². The summed E-state index contributed by atoms with van der Waals surface area (Å²) in [5.41, 5.74) is 1.60. The summed E-state index contributed by atoms with van der Waals surface area (Å²) in [7, 11) is 0. The van der Waals surface area contributed by atoms with Crippen LogP contribution in [-0.4, -0.2) is 14.6 Å². The molecule has 0 bridgehead atoms. The minimum Gasteiger partial charge on any atom is -0.266 e. The van der Waals surface area contributed by atoms with Crippen LogP contribution in [0.5, 0.6) is 0 Å². The number of rotatable bonds is 2. The van der Waals surface area contributed by atoms with E-state index < -0.39 is 0 Å². The van der Waals surface area contributed by atoms with Gasteiger partial charge in [0.15, 0.2) is 5.82 Å². The molecule has 0 aliphatic rings. The van der Waals surface area contributed by atoms with Crippen LogP contribution >= 0.6 is 38.9 Å². The molecule has 0 saturated heterocycles. The molecular formula is C17H9BrClN3OS. The minimum atomic E-state index is -0.171. The van der Waals surface area contributed by atoms with Crippen LogP contribution < -0.4 is 10.1 Å². The molecule has 0 radical (unpaired) electrons. The maximum Gasteiger partial charge on any atom is 0.291 e. The van der Waals surface area contributed by atoms with E-state index in [0.29, 0.717) is 20.3 Å². The largest absolute Gasteiger partial charge is 0.291 e. The van der Waals surface area contributed by atoms with Crippen molar-refractivity contribution in [3.63, 3.8) is 0 Å². The maximum absolute atomic E-state index is 12.5. The Morgan fingerprint density at radius 3 is 2.58 bits per heavy atom. The molecule has 0 aliphatic carbocycles. The molecule has 2 aromatic carbocycles. The van der Waals surface area contributed by atoms with Crippen LogP contribution in [0.25, 0.3) is 22.4 Å². The monoisotopic (exact) mass is 417 g/mol. The molecule has 2 heterocycles. The molecule has 0 fully saturated rings. The van der Waals surface area contributed by atoms with Gasteiger partial charge >= 0.3 is 0 Å². The topological polar surface area (TPSA) is 47.3 Å². The van der Waals surface area contributed by atoms with Crippen molar-refractivity contribution in [2.75, 3.05) is 0 Å². The lowest BCUT2D eigenvalue weighted by Gasteiger charge is -1.97. The highest BCUT2D eigenvalue weighted by Crippen LogP contribution is 2.25. The second kappa shape index (κ2) is 6.12. The Balaban J connectivity index is 1.83. The average Bonchev–Trinajstić information content (AvgIpc) is 3.10. The SMILES string of the molecule is O=c1/c(=C/c2ccc(Cl)cc2)sc2nc(-c3ccccc3Br)nn12. The van der Waals surface area contributed by atoms with Crippen molar-refractivity contribution in [1.82, 2.24) is 14.6 Å². The van der Waals surface area contributed by atoms with Gasteiger partial charge in [0, 0.05) is 15.1 Å². The third-order valence-electron chi connectivity index (χ3n) is 3.46. The molecule has 0 atom stereocenters. The van der Waals surface area contributed by atoms with Crippen LogP contribution in [-0.2, 0) is 0 Å². The first-order chi connectivity index (χ1) is 11.6. The number of nitrogens with zero attached hydrogens (tertiary/aromatic N) is 3. The fraction of sp³-hybridized carbons (Fsp3) is 0. The van der Waals surface area contributed by atoms with Crippen molar-refractivity contribution in [3.05, 3.63) is 78.5 Å². The van der Waals surface area contributed by atoms with Crippen molar-refractivity contribution in [3.8, 4) is 11.4 Å². The van der Waals surface area contributed by atoms with Gasteiger partial charge in [-0.25, -0.2) is 0 Å². The van der Waals surface area contributed by atoms with Gasteiger partial charge in [0.25, 0.3) is 5.56 Å². The van der Waals surface area contributed by atoms with Gasteiger partial charge in [0.1, 0.15) is 0 Å². The van der Waals surface area contributed by atoms with Gasteiger partial charge in [-0.3, -0.25) is 4.79 Å². The van der Waals surface area contributed by atoms with E-state index in [1.807, 2.05) is 42.5 Å². The highest BCUT2D eigenvalue weighted by atomic mass is 79.9. The first kappa shape index (κ1) is 15.5. The second-order valence-electron chi connectivity index (χ2n) is 5.08. The van der Waals surface area contributed by atoms with E-state index in [1.165, 1.54) is 15.9 Å². The summed E-state index contributed by atoms with van der Waals surface area (Å²) in [6.45, 7) is 0. The Hall–Kier alpha value is -2.02. The normalized spacial score (nSPS) is 12.2. The summed E-state index contributed by atoms with van der Waals surface area (Å²) in [6, 6.07) is 15.0. The molecule has 7 heteroatoms. The van der Waals surface area contributed by atoms with E-state index in [4.69, 9.17) is 11.6 Å². The van der Waals surface area contributed by atoms with Crippen molar-refractivity contribution in [2.45, 2.75) is 0 Å². The zero-order valence-corrected chi connectivity index (χ0v) is 15.3. The summed E-state index contributed by atoms with van der Waals surface area (Å²) in [5.74, 6) is 0.531. The Kier molecular flexibility index (Phi) is 3.96. The van der Waals surface area contributed by atoms with Crippen LogP contribution in [0.3, 0.4) is 0 Å². The molecule has 0 amide bonds. The molecule has 0 saturated carbocycles. The van der Waals surface area contributed by atoms with Crippen LogP contribution in [0.15, 0.2) is 57.8 Å². The third kappa shape index (κ3) is 2.77. The van der Waals surface area contributed by atoms with Gasteiger partial charge in [-0.2, -0.15) is 9.50 Å². The first-order valence-corrected chi connectivity index (χ1v) is 9.02. The first-order valence-electron chi connectivity index (χ1n) is 7.03. The Labute approximate surface area is 154 Å². The fourth-order valence-corrected chi connectivity index (χ4v) is 3.80. The van der Waals surface area contributed by atoms with Crippen LogP contribution in [0.2, 0.25) is 5.02 Å². The second-order valence-corrected chi connectivity index (χ2v) is 7.38. The van der Waals surface area contributed by atoms with Gasteiger partial charge < -0.3 is 0 Å². The summed E-state index contributed by atoms with van der Waals surface area (Å²) in [4.78, 5) is 17.6. The van der Waals surface area contributed by atoms with E-state index in [-0.39, 0.29) is 5.56 Å². The lowest BCUT2D eigenvalue weighted by atomic mass is 10.2. The maximum atomic E-state index is 12.5. The van der Waals surface area contributed by atoms with E-state index in [2.05, 4.69) is 26.0 Å². The van der Waals surface area contributed by atoms with Gasteiger partial charge in [0.2, 0.25) is 4.96 Å². The molecule has 0 aliphatic heterocycles. The highest BCUT2D eigenvalue weighted by molar-refractivity contribution is 9.10. The molecule has 0 unspecified atom stereocenters. The highest BCUT2D eigenvalue weighted by Gasteiger charge is 2.13. The molecular weight excluding hydrogens is 410 g/mol. The van der Waals surface area contributed by atoms with Crippen LogP contribution in [0.4, 0.5) is 0 Å². The van der Waals surface area contributed by atoms with Crippen molar-refractivity contribution >= 4 is 49.9 Å². The Morgan fingerprint density at radius 2 is 1.88 bits per heavy atom. The lowest BCUT2D eigenvalue weighted by molar-refractivity contribution is 0.936. The summed E-state index contributed by atoms with van der Waals surface area (Å²) in [5, 5.41) is 5.01. The Morgan fingerprint density at radius 1 is 1.12 bits per heavy atom. The summed E-state index contributed by atoms with van der Waals surface area (Å²) < 4.78 is 2.83. The van der Waals surface area contributed by atoms with Crippen LogP contribution in [0.1, 0.15) is 5.56 Å². The molecule has 0 N–H and O–H groups in total. The quantitative estimate of drug-likeness (QED) is 0.498. The van der Waals surface area contributed by atoms with E-state index in [9.17, 15) is 4.79 Å². The fourth-order valence-electron chi connectivity index (χ4n) is 2.30. The number of thiazole rings is 1. The van der Waals surface area contributed by atoms with Crippen molar-refractivity contribution in [1.29, 1.82) is 0 Å². The molecule has 118 valence electrons. The standard InChI is InChI=1S/C17H9BrClN3OS/c18-13-4-2-1-3-12(13)15-20-17-22(21-15)16(23)14(24-17)9-10-5-7-11(19)8-6-10/h1-9H/b14-9-. The van der Waals surface area contributed by atoms with Gasteiger partial charge in [-0.15, -0.1) is 5.10 Å². The number of fused-ring (bicyclic) bond motifs is 1. The lowest BCUT2D eigenvalue weighted by Crippen LogP contribution is -2.23. The van der Waals surface area contributed by atoms with Gasteiger partial charge in [0.05, 0.1) is 4.53 Å². The molecule has 4 aromatic rings. The smallest absolute Gasteiger partial charge is 0.266 e. The van der Waals surface area contributed by atoms with E-state index >= 15 is 0 Å². The molecule has 4 rings (SSSR count). The molecule has 2 aromatic heterocycles. The molecule has 24 heavy (non-hydrogen) atoms. The number of halogens is 2. The van der Waals surface area contributed by atoms with E-state index in [1.54, 1.807) is 12.1 Å². The summed E-state index contributed by atoms with van der Waals surface area (Å²) in [6.07, 6.45) is 1.82. The zero-order chi connectivity index (χ0) is 16.7. The number of hydrogen-bond acceptors (Lipinski definition) is 4. The van der Waals surface area contributed by atoms with E-state index in [0.717, 1.165) is 15.6 Å². The Bertz CT molecular complexity index is 1150. The average molecular weight is 419 g/mol. The van der Waals surface area contributed by atoms with Gasteiger partial charge in [-0.1, -0.05) is 63.1 Å². The predicted molar refractivity (Wildman–Crippen MR) is 101 cm³/mol. The van der Waals surface area contributed by atoms with Crippen molar-refractivity contribution < 1.29 is 0 Å². The number of hydrogen-bond donors (Lipinski definition) is 0. The predicted octanol–water partition coefficient (Wildman–Crippen LogP) is 3.78. The number of aromatic nitrogens is 3. The molecule has 0 spiro atoms. The minimum absolute atomic E-state index is 0.171. The number of benzene rings is 2. The molecule has 4 nitrogen and oxygen atoms in total. The third-order valence-corrected chi connectivity index (χ3v) is 5.37. The summed E-state index contributed by atoms with van der Waals surface area (Å²) >= 11 is 10.7.